The van der Waals surface area contributed by atoms with E-state index in [0.29, 0.717) is 6.42 Å². The fraction of sp³-hybridized carbons (Fsp3) is 0.846. The van der Waals surface area contributed by atoms with Crippen LogP contribution >= 0.6 is 0 Å². The van der Waals surface area contributed by atoms with Gasteiger partial charge in [-0.2, -0.15) is 5.26 Å². The minimum atomic E-state index is -0.275. The summed E-state index contributed by atoms with van der Waals surface area (Å²) >= 11 is 0. The third-order valence-electron chi connectivity index (χ3n) is 3.06. The van der Waals surface area contributed by atoms with Crippen LogP contribution in [0.25, 0.3) is 0 Å². The van der Waals surface area contributed by atoms with E-state index >= 15 is 0 Å². The van der Waals surface area contributed by atoms with Crippen molar-refractivity contribution < 1.29 is 4.79 Å². The summed E-state index contributed by atoms with van der Waals surface area (Å²) in [5.41, 5.74) is -0.275. The van der Waals surface area contributed by atoms with Crippen LogP contribution in [0.2, 0.25) is 0 Å². The van der Waals surface area contributed by atoms with E-state index in [2.05, 4.69) is 11.0 Å². The molecular formula is C13H23N3O. The van der Waals surface area contributed by atoms with Crippen molar-refractivity contribution in [2.75, 3.05) is 32.7 Å². The lowest BCUT2D eigenvalue weighted by Gasteiger charge is -2.37. The number of hydrogen-bond acceptors (Lipinski definition) is 3. The molecule has 4 heteroatoms. The van der Waals surface area contributed by atoms with Gasteiger partial charge in [-0.3, -0.25) is 9.69 Å². The summed E-state index contributed by atoms with van der Waals surface area (Å²) in [6, 6.07) is 2.16. The van der Waals surface area contributed by atoms with Crippen molar-refractivity contribution >= 4 is 5.91 Å². The molecule has 1 saturated heterocycles. The van der Waals surface area contributed by atoms with Crippen molar-refractivity contribution in [3.8, 4) is 6.07 Å². The molecule has 0 unspecified atom stereocenters. The Balaban J connectivity index is 2.31. The van der Waals surface area contributed by atoms with Gasteiger partial charge in [0.2, 0.25) is 5.91 Å². The average molecular weight is 237 g/mol. The maximum Gasteiger partial charge on any atom is 0.228 e. The summed E-state index contributed by atoms with van der Waals surface area (Å²) < 4.78 is 0. The molecule has 1 fully saturated rings. The molecule has 1 aliphatic heterocycles. The summed E-state index contributed by atoms with van der Waals surface area (Å²) in [6.45, 7) is 10.4. The van der Waals surface area contributed by atoms with Gasteiger partial charge in [0.05, 0.1) is 6.07 Å². The lowest BCUT2D eigenvalue weighted by atomic mass is 9.94. The molecule has 0 aliphatic carbocycles. The highest BCUT2D eigenvalue weighted by Gasteiger charge is 2.29. The van der Waals surface area contributed by atoms with Crippen molar-refractivity contribution in [3.05, 3.63) is 0 Å². The Bertz CT molecular complexity index is 293. The Morgan fingerprint density at radius 1 is 1.24 bits per heavy atom. The van der Waals surface area contributed by atoms with E-state index in [1.165, 1.54) is 0 Å². The molecular weight excluding hydrogens is 214 g/mol. The standard InChI is InChI=1S/C13H23N3O/c1-13(2,3)12(17)16-10-8-15(9-11-16)7-5-4-6-14/h4-5,7-11H2,1-3H3. The summed E-state index contributed by atoms with van der Waals surface area (Å²) in [5, 5.41) is 8.48. The van der Waals surface area contributed by atoms with Crippen molar-refractivity contribution in [1.29, 1.82) is 5.26 Å². The van der Waals surface area contributed by atoms with E-state index in [-0.39, 0.29) is 11.3 Å². The molecule has 1 aliphatic rings. The Morgan fingerprint density at radius 3 is 2.29 bits per heavy atom. The van der Waals surface area contributed by atoms with Gasteiger partial charge in [0, 0.05) is 38.0 Å². The Labute approximate surface area is 104 Å². The van der Waals surface area contributed by atoms with Crippen LogP contribution in [0, 0.1) is 16.7 Å². The predicted molar refractivity (Wildman–Crippen MR) is 67.3 cm³/mol. The third-order valence-corrected chi connectivity index (χ3v) is 3.06. The largest absolute Gasteiger partial charge is 0.340 e. The number of carbonyl (C=O) groups excluding carboxylic acids is 1. The fourth-order valence-electron chi connectivity index (χ4n) is 2.03. The van der Waals surface area contributed by atoms with E-state index in [4.69, 9.17) is 5.26 Å². The minimum Gasteiger partial charge on any atom is -0.340 e. The number of hydrogen-bond donors (Lipinski definition) is 0. The lowest BCUT2D eigenvalue weighted by Crippen LogP contribution is -2.51. The molecule has 0 N–H and O–H groups in total. The van der Waals surface area contributed by atoms with E-state index in [1.807, 2.05) is 25.7 Å². The van der Waals surface area contributed by atoms with Crippen LogP contribution in [0.5, 0.6) is 0 Å². The van der Waals surface area contributed by atoms with Crippen molar-refractivity contribution in [3.63, 3.8) is 0 Å². The number of nitriles is 1. The first-order valence-electron chi connectivity index (χ1n) is 6.34. The normalized spacial score (nSPS) is 17.9. The molecule has 1 rings (SSSR count). The number of carbonyl (C=O) groups is 1. The Hall–Kier alpha value is -1.08. The number of rotatable bonds is 3. The molecule has 0 aromatic carbocycles. The summed E-state index contributed by atoms with van der Waals surface area (Å²) in [4.78, 5) is 16.3. The third kappa shape index (κ3) is 4.35. The van der Waals surface area contributed by atoms with Gasteiger partial charge in [0.1, 0.15) is 0 Å². The topological polar surface area (TPSA) is 47.3 Å². The van der Waals surface area contributed by atoms with Crippen molar-refractivity contribution in [2.45, 2.75) is 33.6 Å². The van der Waals surface area contributed by atoms with Gasteiger partial charge in [-0.1, -0.05) is 20.8 Å². The van der Waals surface area contributed by atoms with Gasteiger partial charge in [0.25, 0.3) is 0 Å². The van der Waals surface area contributed by atoms with Crippen molar-refractivity contribution in [1.82, 2.24) is 9.80 Å². The average Bonchev–Trinajstić information content (AvgIpc) is 2.28. The molecule has 0 aromatic heterocycles. The predicted octanol–water partition coefficient (Wildman–Crippen LogP) is 1.48. The number of nitrogens with zero attached hydrogens (tertiary/aromatic N) is 3. The zero-order chi connectivity index (χ0) is 12.9. The monoisotopic (exact) mass is 237 g/mol. The molecule has 0 atom stereocenters. The van der Waals surface area contributed by atoms with E-state index < -0.39 is 0 Å². The van der Waals surface area contributed by atoms with E-state index in [9.17, 15) is 4.79 Å². The molecule has 1 heterocycles. The van der Waals surface area contributed by atoms with Crippen LogP contribution in [-0.2, 0) is 4.79 Å². The summed E-state index contributed by atoms with van der Waals surface area (Å²) in [6.07, 6.45) is 1.56. The lowest BCUT2D eigenvalue weighted by molar-refractivity contribution is -0.141. The molecule has 4 nitrogen and oxygen atoms in total. The maximum absolute atomic E-state index is 12.1. The minimum absolute atomic E-state index is 0.245. The number of piperazine rings is 1. The zero-order valence-electron chi connectivity index (χ0n) is 11.2. The molecule has 17 heavy (non-hydrogen) atoms. The van der Waals surface area contributed by atoms with Crippen molar-refractivity contribution in [2.24, 2.45) is 5.41 Å². The Kier molecular flexibility index (Phi) is 4.95. The summed E-state index contributed by atoms with van der Waals surface area (Å²) in [5.74, 6) is 0.245. The molecule has 0 radical (unpaired) electrons. The van der Waals surface area contributed by atoms with Crippen LogP contribution in [0.15, 0.2) is 0 Å². The first-order chi connectivity index (χ1) is 7.95. The van der Waals surface area contributed by atoms with Crippen LogP contribution in [0.1, 0.15) is 33.6 Å². The molecule has 0 bridgehead atoms. The summed E-state index contributed by atoms with van der Waals surface area (Å²) in [7, 11) is 0. The highest BCUT2D eigenvalue weighted by atomic mass is 16.2. The first-order valence-corrected chi connectivity index (χ1v) is 6.34. The SMILES string of the molecule is CC(C)(C)C(=O)N1CCN(CCCC#N)CC1. The highest BCUT2D eigenvalue weighted by molar-refractivity contribution is 5.81. The second-order valence-corrected chi connectivity index (χ2v) is 5.65. The van der Waals surface area contributed by atoms with Crippen LogP contribution < -0.4 is 0 Å². The van der Waals surface area contributed by atoms with Gasteiger partial charge >= 0.3 is 0 Å². The van der Waals surface area contributed by atoms with Gasteiger partial charge in [-0.25, -0.2) is 0 Å². The second-order valence-electron chi connectivity index (χ2n) is 5.65. The molecule has 0 spiro atoms. The smallest absolute Gasteiger partial charge is 0.228 e. The number of amides is 1. The molecule has 0 saturated carbocycles. The van der Waals surface area contributed by atoms with Gasteiger partial charge in [-0.05, 0) is 13.0 Å². The quantitative estimate of drug-likeness (QED) is 0.699. The first kappa shape index (κ1) is 14.0. The van der Waals surface area contributed by atoms with E-state index in [0.717, 1.165) is 39.1 Å². The highest BCUT2D eigenvalue weighted by Crippen LogP contribution is 2.18. The van der Waals surface area contributed by atoms with Gasteiger partial charge in [0.15, 0.2) is 0 Å². The van der Waals surface area contributed by atoms with E-state index in [1.54, 1.807) is 0 Å². The molecule has 0 aromatic rings. The molecule has 1 amide bonds. The van der Waals surface area contributed by atoms with Crippen LogP contribution in [-0.4, -0.2) is 48.4 Å². The fourth-order valence-corrected chi connectivity index (χ4v) is 2.03. The van der Waals surface area contributed by atoms with Gasteiger partial charge in [-0.15, -0.1) is 0 Å². The number of unbranched alkanes of at least 4 members (excludes halogenated alkanes) is 1. The van der Waals surface area contributed by atoms with Gasteiger partial charge < -0.3 is 4.90 Å². The zero-order valence-corrected chi connectivity index (χ0v) is 11.2. The molecule has 96 valence electrons. The second kappa shape index (κ2) is 6.02. The van der Waals surface area contributed by atoms with Crippen LogP contribution in [0.4, 0.5) is 0 Å². The maximum atomic E-state index is 12.1. The Morgan fingerprint density at radius 2 is 1.82 bits per heavy atom. The van der Waals surface area contributed by atoms with Crippen LogP contribution in [0.3, 0.4) is 0 Å².